The minimum Gasteiger partial charge on any atom is -0.497 e. The average Bonchev–Trinajstić information content (AvgIpc) is 2.48. The molecule has 112 valence electrons. The minimum absolute atomic E-state index is 0.0767. The van der Waals surface area contributed by atoms with E-state index in [0.29, 0.717) is 18.8 Å². The number of ether oxygens (including phenoxy) is 2. The third-order valence-corrected chi connectivity index (χ3v) is 3.23. The summed E-state index contributed by atoms with van der Waals surface area (Å²) >= 11 is 0. The summed E-state index contributed by atoms with van der Waals surface area (Å²) in [5.41, 5.74) is 0.779. The molecule has 0 saturated heterocycles. The maximum Gasteiger partial charge on any atom is 0.244 e. The molecule has 1 aromatic rings. The molecule has 1 atom stereocenters. The lowest BCUT2D eigenvalue weighted by atomic mass is 10.2. The Morgan fingerprint density at radius 2 is 1.90 bits per heavy atom. The summed E-state index contributed by atoms with van der Waals surface area (Å²) in [6.07, 6.45) is 0. The third-order valence-electron chi connectivity index (χ3n) is 3.23. The number of amides is 1. The van der Waals surface area contributed by atoms with Crippen molar-refractivity contribution in [2.75, 3.05) is 32.6 Å². The molecule has 0 aliphatic carbocycles. The Bertz CT molecular complexity index is 445. The number of methoxy groups -OCH3 is 2. The van der Waals surface area contributed by atoms with Crippen molar-refractivity contribution in [3.8, 4) is 11.5 Å². The monoisotopic (exact) mass is 280 g/mol. The summed E-state index contributed by atoms with van der Waals surface area (Å²) in [6, 6.07) is 5.16. The Kier molecular flexibility index (Phi) is 6.15. The maximum atomic E-state index is 12.2. The van der Waals surface area contributed by atoms with E-state index in [9.17, 15) is 4.79 Å². The second-order valence-electron chi connectivity index (χ2n) is 4.44. The molecule has 0 aliphatic rings. The fourth-order valence-corrected chi connectivity index (χ4v) is 2.02. The van der Waals surface area contributed by atoms with Gasteiger partial charge in [-0.2, -0.15) is 0 Å². The first-order valence-electron chi connectivity index (χ1n) is 6.84. The summed E-state index contributed by atoms with van der Waals surface area (Å²) in [7, 11) is 3.20. The Morgan fingerprint density at radius 1 is 1.25 bits per heavy atom. The molecule has 0 spiro atoms. The zero-order valence-corrected chi connectivity index (χ0v) is 12.9. The Morgan fingerprint density at radius 3 is 2.40 bits per heavy atom. The number of likely N-dealkylation sites (N-methyl/N-ethyl adjacent to an activating group) is 1. The third kappa shape index (κ3) is 3.79. The lowest BCUT2D eigenvalue weighted by molar-refractivity contribution is -0.131. The highest BCUT2D eigenvalue weighted by Crippen LogP contribution is 2.29. The molecule has 1 amide bonds. The number of nitrogens with one attached hydrogen (secondary N) is 1. The molecular formula is C15H24N2O3. The first-order chi connectivity index (χ1) is 9.57. The van der Waals surface area contributed by atoms with Crippen LogP contribution in [0.15, 0.2) is 18.2 Å². The number of carbonyl (C=O) groups is 1. The quantitative estimate of drug-likeness (QED) is 0.833. The van der Waals surface area contributed by atoms with Gasteiger partial charge >= 0.3 is 0 Å². The van der Waals surface area contributed by atoms with Crippen molar-refractivity contribution >= 4 is 11.6 Å². The molecule has 5 heteroatoms. The normalized spacial score (nSPS) is 11.7. The number of nitrogens with zero attached hydrogens (tertiary/aromatic N) is 1. The van der Waals surface area contributed by atoms with Gasteiger partial charge in [-0.3, -0.25) is 4.79 Å². The van der Waals surface area contributed by atoms with E-state index in [0.717, 1.165) is 11.4 Å². The molecule has 1 unspecified atom stereocenters. The van der Waals surface area contributed by atoms with Gasteiger partial charge in [-0.25, -0.2) is 0 Å². The van der Waals surface area contributed by atoms with Gasteiger partial charge in [0.05, 0.1) is 19.9 Å². The summed E-state index contributed by atoms with van der Waals surface area (Å²) in [5.74, 6) is 1.45. The molecular weight excluding hydrogens is 256 g/mol. The summed E-state index contributed by atoms with van der Waals surface area (Å²) < 4.78 is 10.5. The van der Waals surface area contributed by atoms with E-state index in [4.69, 9.17) is 9.47 Å². The summed E-state index contributed by atoms with van der Waals surface area (Å²) in [4.78, 5) is 14.0. The van der Waals surface area contributed by atoms with Crippen molar-refractivity contribution in [2.24, 2.45) is 0 Å². The highest BCUT2D eigenvalue weighted by Gasteiger charge is 2.19. The lowest BCUT2D eigenvalue weighted by Gasteiger charge is -2.24. The van der Waals surface area contributed by atoms with E-state index in [1.807, 2.05) is 32.9 Å². The van der Waals surface area contributed by atoms with Crippen LogP contribution in [0.4, 0.5) is 5.69 Å². The van der Waals surface area contributed by atoms with Gasteiger partial charge in [0.2, 0.25) is 5.91 Å². The van der Waals surface area contributed by atoms with E-state index in [2.05, 4.69) is 5.32 Å². The van der Waals surface area contributed by atoms with E-state index >= 15 is 0 Å². The van der Waals surface area contributed by atoms with Crippen LogP contribution < -0.4 is 14.8 Å². The average molecular weight is 280 g/mol. The molecule has 1 N–H and O–H groups in total. The van der Waals surface area contributed by atoms with Crippen molar-refractivity contribution in [3.05, 3.63) is 18.2 Å². The predicted octanol–water partition coefficient (Wildman–Crippen LogP) is 2.37. The van der Waals surface area contributed by atoms with Gasteiger partial charge in [-0.05, 0) is 32.9 Å². The van der Waals surface area contributed by atoms with E-state index in [-0.39, 0.29) is 11.9 Å². The molecule has 0 aliphatic heterocycles. The van der Waals surface area contributed by atoms with Crippen LogP contribution in [0.1, 0.15) is 20.8 Å². The van der Waals surface area contributed by atoms with E-state index in [1.54, 1.807) is 25.2 Å². The van der Waals surface area contributed by atoms with Gasteiger partial charge in [-0.15, -0.1) is 0 Å². The van der Waals surface area contributed by atoms with Crippen molar-refractivity contribution in [3.63, 3.8) is 0 Å². The topological polar surface area (TPSA) is 50.8 Å². The zero-order chi connectivity index (χ0) is 15.1. The Labute approximate surface area is 120 Å². The smallest absolute Gasteiger partial charge is 0.244 e. The molecule has 0 aromatic heterocycles. The summed E-state index contributed by atoms with van der Waals surface area (Å²) in [6.45, 7) is 7.22. The van der Waals surface area contributed by atoms with Gasteiger partial charge < -0.3 is 19.7 Å². The van der Waals surface area contributed by atoms with Gasteiger partial charge in [0.1, 0.15) is 17.5 Å². The molecule has 1 aromatic carbocycles. The van der Waals surface area contributed by atoms with Gasteiger partial charge in [0, 0.05) is 19.2 Å². The van der Waals surface area contributed by atoms with Crippen LogP contribution in [0.2, 0.25) is 0 Å². The molecule has 0 saturated carbocycles. The molecule has 0 fully saturated rings. The van der Waals surface area contributed by atoms with Crippen LogP contribution >= 0.6 is 0 Å². The predicted molar refractivity (Wildman–Crippen MR) is 80.6 cm³/mol. The molecule has 20 heavy (non-hydrogen) atoms. The van der Waals surface area contributed by atoms with Crippen LogP contribution in [0.3, 0.4) is 0 Å². The van der Waals surface area contributed by atoms with Gasteiger partial charge in [0.25, 0.3) is 0 Å². The van der Waals surface area contributed by atoms with Crippen LogP contribution in [-0.2, 0) is 4.79 Å². The molecule has 5 nitrogen and oxygen atoms in total. The van der Waals surface area contributed by atoms with Crippen LogP contribution in [0.25, 0.3) is 0 Å². The van der Waals surface area contributed by atoms with E-state index < -0.39 is 0 Å². The number of carbonyl (C=O) groups excluding carboxylic acids is 1. The maximum absolute atomic E-state index is 12.2. The second-order valence-corrected chi connectivity index (χ2v) is 4.44. The largest absolute Gasteiger partial charge is 0.497 e. The van der Waals surface area contributed by atoms with Crippen LogP contribution in [0.5, 0.6) is 11.5 Å². The Hall–Kier alpha value is -1.91. The van der Waals surface area contributed by atoms with Crippen molar-refractivity contribution in [1.82, 2.24) is 4.90 Å². The number of hydrogen-bond donors (Lipinski definition) is 1. The van der Waals surface area contributed by atoms with Gasteiger partial charge in [0.15, 0.2) is 0 Å². The lowest BCUT2D eigenvalue weighted by Crippen LogP contribution is -2.41. The fourth-order valence-electron chi connectivity index (χ4n) is 2.02. The fraction of sp³-hybridized carbons (Fsp3) is 0.533. The van der Waals surface area contributed by atoms with Crippen molar-refractivity contribution in [2.45, 2.75) is 26.8 Å². The minimum atomic E-state index is -0.308. The van der Waals surface area contributed by atoms with Crippen molar-refractivity contribution in [1.29, 1.82) is 0 Å². The first kappa shape index (κ1) is 16.1. The zero-order valence-electron chi connectivity index (χ0n) is 12.9. The van der Waals surface area contributed by atoms with Crippen molar-refractivity contribution < 1.29 is 14.3 Å². The highest BCUT2D eigenvalue weighted by molar-refractivity contribution is 5.84. The molecule has 1 rings (SSSR count). The standard InChI is InChI=1S/C15H24N2O3/c1-6-17(7-2)15(18)11(3)16-13-9-8-12(19-4)10-14(13)20-5/h8-11,16H,6-7H2,1-5H3. The number of anilines is 1. The Balaban J connectivity index is 2.84. The van der Waals surface area contributed by atoms with Crippen LogP contribution in [-0.4, -0.2) is 44.2 Å². The second kappa shape index (κ2) is 7.62. The first-order valence-corrected chi connectivity index (χ1v) is 6.84. The molecule has 0 radical (unpaired) electrons. The van der Waals surface area contributed by atoms with Crippen LogP contribution in [0, 0.1) is 0 Å². The SMILES string of the molecule is CCN(CC)C(=O)C(C)Nc1ccc(OC)cc1OC. The molecule has 0 bridgehead atoms. The number of rotatable bonds is 7. The van der Waals surface area contributed by atoms with Gasteiger partial charge in [-0.1, -0.05) is 0 Å². The van der Waals surface area contributed by atoms with E-state index in [1.165, 1.54) is 0 Å². The molecule has 0 heterocycles. The highest BCUT2D eigenvalue weighted by atomic mass is 16.5. The number of benzene rings is 1. The summed E-state index contributed by atoms with van der Waals surface area (Å²) in [5, 5.41) is 3.19. The number of hydrogen-bond acceptors (Lipinski definition) is 4.